The predicted molar refractivity (Wildman–Crippen MR) is 106 cm³/mol. The number of nitrogens with one attached hydrogen (secondary N) is 1. The minimum absolute atomic E-state index is 0.0793. The molecule has 154 valence electrons. The van der Waals surface area contributed by atoms with Crippen molar-refractivity contribution in [1.29, 1.82) is 0 Å². The van der Waals surface area contributed by atoms with Gasteiger partial charge in [0.05, 0.1) is 6.10 Å². The van der Waals surface area contributed by atoms with E-state index in [-0.39, 0.29) is 17.5 Å². The SMILES string of the molecule is Cc1nonc1COc1ccc(CC(C)NCC(O)c2cc(O)cc(O)c2)cc1. The highest BCUT2D eigenvalue weighted by Gasteiger charge is 2.12. The molecular formula is C21H25N3O5. The number of aliphatic hydroxyl groups is 1. The van der Waals surface area contributed by atoms with Gasteiger partial charge in [-0.3, -0.25) is 0 Å². The normalized spacial score (nSPS) is 13.2. The van der Waals surface area contributed by atoms with E-state index in [0.29, 0.717) is 30.1 Å². The van der Waals surface area contributed by atoms with E-state index in [9.17, 15) is 15.3 Å². The average Bonchev–Trinajstić information content (AvgIpc) is 3.09. The second-order valence-electron chi connectivity index (χ2n) is 7.04. The Balaban J connectivity index is 1.46. The minimum Gasteiger partial charge on any atom is -0.508 e. The standard InChI is InChI=1S/C21H25N3O5/c1-13(22-11-21(27)16-8-17(25)10-18(26)9-16)7-15-3-5-19(6-4-15)28-12-20-14(2)23-29-24-20/h3-6,8-10,13,21-22,25-27H,7,11-12H2,1-2H3. The highest BCUT2D eigenvalue weighted by atomic mass is 16.6. The zero-order chi connectivity index (χ0) is 20.8. The summed E-state index contributed by atoms with van der Waals surface area (Å²) in [5.41, 5.74) is 2.97. The van der Waals surface area contributed by atoms with Crippen LogP contribution in [0, 0.1) is 6.92 Å². The van der Waals surface area contributed by atoms with Crippen molar-refractivity contribution in [2.45, 2.75) is 39.0 Å². The third-order valence-electron chi connectivity index (χ3n) is 4.56. The number of aromatic hydroxyl groups is 2. The Hall–Kier alpha value is -3.10. The van der Waals surface area contributed by atoms with Crippen LogP contribution in [0.15, 0.2) is 47.1 Å². The quantitative estimate of drug-likeness (QED) is 0.433. The first-order valence-corrected chi connectivity index (χ1v) is 9.35. The maximum Gasteiger partial charge on any atom is 0.145 e. The van der Waals surface area contributed by atoms with Crippen molar-refractivity contribution in [3.05, 3.63) is 65.0 Å². The largest absolute Gasteiger partial charge is 0.508 e. The van der Waals surface area contributed by atoms with Gasteiger partial charge in [0.1, 0.15) is 35.2 Å². The molecule has 0 amide bonds. The highest BCUT2D eigenvalue weighted by molar-refractivity contribution is 5.37. The lowest BCUT2D eigenvalue weighted by Gasteiger charge is -2.18. The van der Waals surface area contributed by atoms with Crippen LogP contribution in [0.5, 0.6) is 17.2 Å². The van der Waals surface area contributed by atoms with Gasteiger partial charge < -0.3 is 25.4 Å². The van der Waals surface area contributed by atoms with E-state index in [2.05, 4.69) is 20.3 Å². The number of hydrogen-bond acceptors (Lipinski definition) is 8. The fourth-order valence-electron chi connectivity index (χ4n) is 2.92. The molecule has 29 heavy (non-hydrogen) atoms. The Morgan fingerprint density at radius 2 is 1.76 bits per heavy atom. The number of aryl methyl sites for hydroxylation is 1. The van der Waals surface area contributed by atoms with Crippen molar-refractivity contribution in [3.63, 3.8) is 0 Å². The molecule has 0 saturated heterocycles. The number of nitrogens with zero attached hydrogens (tertiary/aromatic N) is 2. The maximum absolute atomic E-state index is 10.3. The van der Waals surface area contributed by atoms with E-state index in [1.807, 2.05) is 38.1 Å². The first-order chi connectivity index (χ1) is 13.9. The third kappa shape index (κ3) is 5.94. The number of phenolic OH excluding ortho intramolecular Hbond substituents is 2. The number of hydrogen-bond donors (Lipinski definition) is 4. The molecule has 0 fully saturated rings. The van der Waals surface area contributed by atoms with Crippen LogP contribution in [0.25, 0.3) is 0 Å². The molecule has 4 N–H and O–H groups in total. The summed E-state index contributed by atoms with van der Waals surface area (Å²) in [5.74, 6) is 0.574. The molecule has 2 atom stereocenters. The zero-order valence-corrected chi connectivity index (χ0v) is 16.4. The average molecular weight is 399 g/mol. The van der Waals surface area contributed by atoms with Gasteiger partial charge in [0.2, 0.25) is 0 Å². The van der Waals surface area contributed by atoms with Crippen LogP contribution in [-0.4, -0.2) is 38.2 Å². The smallest absolute Gasteiger partial charge is 0.145 e. The molecule has 8 heteroatoms. The zero-order valence-electron chi connectivity index (χ0n) is 16.4. The lowest BCUT2D eigenvalue weighted by molar-refractivity contribution is 0.170. The van der Waals surface area contributed by atoms with Crippen molar-refractivity contribution < 1.29 is 24.7 Å². The summed E-state index contributed by atoms with van der Waals surface area (Å²) < 4.78 is 10.3. The van der Waals surface area contributed by atoms with Crippen LogP contribution in [0.2, 0.25) is 0 Å². The molecule has 0 spiro atoms. The van der Waals surface area contributed by atoms with E-state index >= 15 is 0 Å². The lowest BCUT2D eigenvalue weighted by atomic mass is 10.1. The lowest BCUT2D eigenvalue weighted by Crippen LogP contribution is -2.32. The molecular weight excluding hydrogens is 374 g/mol. The summed E-state index contributed by atoms with van der Waals surface area (Å²) in [5, 5.41) is 40.1. The summed E-state index contributed by atoms with van der Waals surface area (Å²) in [6.07, 6.45) is -0.0642. The van der Waals surface area contributed by atoms with E-state index in [1.54, 1.807) is 0 Å². The van der Waals surface area contributed by atoms with E-state index < -0.39 is 6.10 Å². The number of aliphatic hydroxyl groups excluding tert-OH is 1. The Morgan fingerprint density at radius 3 is 2.38 bits per heavy atom. The fraction of sp³-hybridized carbons (Fsp3) is 0.333. The van der Waals surface area contributed by atoms with Crippen LogP contribution in [0.1, 0.15) is 35.5 Å². The first-order valence-electron chi connectivity index (χ1n) is 9.35. The van der Waals surface area contributed by atoms with Gasteiger partial charge in [-0.1, -0.05) is 22.4 Å². The van der Waals surface area contributed by atoms with Crippen molar-refractivity contribution in [2.24, 2.45) is 0 Å². The van der Waals surface area contributed by atoms with Gasteiger partial charge in [0, 0.05) is 18.7 Å². The molecule has 2 unspecified atom stereocenters. The fourth-order valence-corrected chi connectivity index (χ4v) is 2.92. The number of ether oxygens (including phenoxy) is 1. The van der Waals surface area contributed by atoms with Gasteiger partial charge in [0.15, 0.2) is 0 Å². The third-order valence-corrected chi connectivity index (χ3v) is 4.56. The van der Waals surface area contributed by atoms with Gasteiger partial charge in [-0.15, -0.1) is 0 Å². The Bertz CT molecular complexity index is 906. The molecule has 0 aliphatic rings. The molecule has 8 nitrogen and oxygen atoms in total. The second-order valence-corrected chi connectivity index (χ2v) is 7.04. The molecule has 0 aliphatic carbocycles. The summed E-state index contributed by atoms with van der Waals surface area (Å²) in [6.45, 7) is 4.44. The van der Waals surface area contributed by atoms with Crippen molar-refractivity contribution in [1.82, 2.24) is 15.6 Å². The molecule has 1 aromatic heterocycles. The monoisotopic (exact) mass is 399 g/mol. The Labute approximate surface area is 168 Å². The second kappa shape index (κ2) is 9.40. The summed E-state index contributed by atoms with van der Waals surface area (Å²) in [7, 11) is 0. The minimum atomic E-state index is -0.833. The number of phenols is 2. The van der Waals surface area contributed by atoms with Crippen molar-refractivity contribution in [2.75, 3.05) is 6.54 Å². The van der Waals surface area contributed by atoms with Gasteiger partial charge in [-0.2, -0.15) is 0 Å². The number of benzene rings is 2. The number of aromatic nitrogens is 2. The first kappa shape index (κ1) is 20.6. The van der Waals surface area contributed by atoms with Crippen LogP contribution in [-0.2, 0) is 13.0 Å². The van der Waals surface area contributed by atoms with Crippen molar-refractivity contribution >= 4 is 0 Å². The Morgan fingerprint density at radius 1 is 1.07 bits per heavy atom. The van der Waals surface area contributed by atoms with E-state index in [0.717, 1.165) is 17.7 Å². The Kier molecular flexibility index (Phi) is 6.69. The van der Waals surface area contributed by atoms with E-state index in [4.69, 9.17) is 4.74 Å². The number of rotatable bonds is 9. The van der Waals surface area contributed by atoms with Gasteiger partial charge >= 0.3 is 0 Å². The molecule has 1 heterocycles. The summed E-state index contributed by atoms with van der Waals surface area (Å²) in [6, 6.07) is 12.0. The highest BCUT2D eigenvalue weighted by Crippen LogP contribution is 2.24. The van der Waals surface area contributed by atoms with Gasteiger partial charge in [-0.05, 0) is 55.7 Å². The van der Waals surface area contributed by atoms with Gasteiger partial charge in [0.25, 0.3) is 0 Å². The van der Waals surface area contributed by atoms with Gasteiger partial charge in [-0.25, -0.2) is 4.63 Å². The van der Waals surface area contributed by atoms with Crippen LogP contribution >= 0.6 is 0 Å². The van der Waals surface area contributed by atoms with E-state index in [1.165, 1.54) is 18.2 Å². The summed E-state index contributed by atoms with van der Waals surface area (Å²) in [4.78, 5) is 0. The molecule has 3 rings (SSSR count). The molecule has 2 aromatic carbocycles. The molecule has 0 radical (unpaired) electrons. The maximum atomic E-state index is 10.3. The predicted octanol–water partition coefficient (Wildman–Crippen LogP) is 2.62. The molecule has 0 bridgehead atoms. The molecule has 3 aromatic rings. The van der Waals surface area contributed by atoms with Crippen molar-refractivity contribution in [3.8, 4) is 17.2 Å². The van der Waals surface area contributed by atoms with Crippen LogP contribution < -0.4 is 10.1 Å². The van der Waals surface area contributed by atoms with Crippen LogP contribution in [0.4, 0.5) is 0 Å². The molecule has 0 saturated carbocycles. The van der Waals surface area contributed by atoms with Crippen LogP contribution in [0.3, 0.4) is 0 Å². The topological polar surface area (TPSA) is 121 Å². The summed E-state index contributed by atoms with van der Waals surface area (Å²) >= 11 is 0. The molecule has 0 aliphatic heterocycles.